The lowest BCUT2D eigenvalue weighted by atomic mass is 9.96. The minimum absolute atomic E-state index is 0.00191. The zero-order chi connectivity index (χ0) is 26.3. The van der Waals surface area contributed by atoms with Crippen LogP contribution in [0, 0.1) is 18.6 Å². The Kier molecular flexibility index (Phi) is 6.55. The third-order valence-electron chi connectivity index (χ3n) is 5.81. The van der Waals surface area contributed by atoms with E-state index in [9.17, 15) is 14.0 Å². The quantitative estimate of drug-likeness (QED) is 0.482. The van der Waals surface area contributed by atoms with Gasteiger partial charge in [0.05, 0.1) is 11.6 Å². The molecule has 0 bridgehead atoms. The maximum absolute atomic E-state index is 15.2. The zero-order valence-electron chi connectivity index (χ0n) is 20.7. The van der Waals surface area contributed by atoms with Crippen LogP contribution in [0.15, 0.2) is 40.9 Å². The van der Waals surface area contributed by atoms with Gasteiger partial charge in [-0.05, 0) is 70.7 Å². The molecule has 0 aliphatic heterocycles. The average Bonchev–Trinajstić information content (AvgIpc) is 3.43. The summed E-state index contributed by atoms with van der Waals surface area (Å²) in [6.45, 7) is 8.46. The van der Waals surface area contributed by atoms with Crippen molar-refractivity contribution >= 4 is 12.0 Å². The molecule has 0 saturated heterocycles. The Hall–Kier alpha value is -3.82. The van der Waals surface area contributed by atoms with Gasteiger partial charge in [-0.2, -0.15) is 4.98 Å². The molecule has 8 nitrogen and oxygen atoms in total. The molecular formula is C26H28F2N4O4. The Morgan fingerprint density at radius 3 is 2.44 bits per heavy atom. The number of benzene rings is 2. The van der Waals surface area contributed by atoms with E-state index in [1.807, 2.05) is 0 Å². The fourth-order valence-corrected chi connectivity index (χ4v) is 3.87. The standard InChI is InChI=1S/C26H28F2N4O4/c1-14(29-23(33)26(11-12-26)31-24(34)35-25(3,4)5)17-10-9-16(13-20(17)28)18-7-6-8-19(27)21(18)22-30-15(2)32-36-22/h6-10,13-14H,11-12H2,1-5H3,(H,29,33)(H,31,34). The summed E-state index contributed by atoms with van der Waals surface area (Å²) < 4.78 is 40.3. The number of hydrogen-bond donors (Lipinski definition) is 2. The number of ether oxygens (including phenoxy) is 1. The van der Waals surface area contributed by atoms with Crippen LogP contribution >= 0.6 is 0 Å². The maximum atomic E-state index is 15.2. The minimum Gasteiger partial charge on any atom is -0.444 e. The van der Waals surface area contributed by atoms with Crippen LogP contribution in [0.5, 0.6) is 0 Å². The van der Waals surface area contributed by atoms with Crippen molar-refractivity contribution in [3.63, 3.8) is 0 Å². The third kappa shape index (κ3) is 5.37. The highest BCUT2D eigenvalue weighted by molar-refractivity contribution is 5.93. The largest absolute Gasteiger partial charge is 0.444 e. The molecule has 1 aliphatic carbocycles. The monoisotopic (exact) mass is 498 g/mol. The van der Waals surface area contributed by atoms with Crippen molar-refractivity contribution in [1.29, 1.82) is 0 Å². The summed E-state index contributed by atoms with van der Waals surface area (Å²) >= 11 is 0. The Bertz CT molecular complexity index is 1310. The number of aryl methyl sites for hydroxylation is 1. The molecule has 1 unspecified atom stereocenters. The van der Waals surface area contributed by atoms with Crippen LogP contribution in [0.1, 0.15) is 58.0 Å². The van der Waals surface area contributed by atoms with Crippen molar-refractivity contribution in [3.05, 3.63) is 59.4 Å². The summed E-state index contributed by atoms with van der Waals surface area (Å²) in [7, 11) is 0. The number of rotatable bonds is 6. The Balaban J connectivity index is 1.52. The van der Waals surface area contributed by atoms with Gasteiger partial charge in [-0.1, -0.05) is 29.4 Å². The van der Waals surface area contributed by atoms with Gasteiger partial charge in [-0.15, -0.1) is 0 Å². The number of halogens is 2. The predicted molar refractivity (Wildman–Crippen MR) is 128 cm³/mol. The first-order valence-corrected chi connectivity index (χ1v) is 11.6. The number of nitrogens with one attached hydrogen (secondary N) is 2. The van der Waals surface area contributed by atoms with Crippen molar-refractivity contribution in [3.8, 4) is 22.6 Å². The van der Waals surface area contributed by atoms with E-state index in [2.05, 4.69) is 20.8 Å². The van der Waals surface area contributed by atoms with E-state index >= 15 is 4.39 Å². The predicted octanol–water partition coefficient (Wildman–Crippen LogP) is 5.22. The first-order valence-electron chi connectivity index (χ1n) is 11.6. The molecule has 2 amide bonds. The van der Waals surface area contributed by atoms with Crippen molar-refractivity contribution in [2.45, 2.75) is 64.6 Å². The van der Waals surface area contributed by atoms with Crippen molar-refractivity contribution in [1.82, 2.24) is 20.8 Å². The maximum Gasteiger partial charge on any atom is 0.408 e. The van der Waals surface area contributed by atoms with Crippen LogP contribution in [0.3, 0.4) is 0 Å². The van der Waals surface area contributed by atoms with Gasteiger partial charge < -0.3 is 19.9 Å². The van der Waals surface area contributed by atoms with E-state index in [-0.39, 0.29) is 17.0 Å². The van der Waals surface area contributed by atoms with Gasteiger partial charge in [0.25, 0.3) is 5.89 Å². The van der Waals surface area contributed by atoms with Crippen LogP contribution in [0.2, 0.25) is 0 Å². The first kappa shape index (κ1) is 25.3. The Morgan fingerprint density at radius 2 is 1.86 bits per heavy atom. The van der Waals surface area contributed by atoms with E-state index in [0.717, 1.165) is 0 Å². The third-order valence-corrected chi connectivity index (χ3v) is 5.81. The smallest absolute Gasteiger partial charge is 0.408 e. The van der Waals surface area contributed by atoms with E-state index in [4.69, 9.17) is 9.26 Å². The van der Waals surface area contributed by atoms with E-state index in [0.29, 0.717) is 29.8 Å². The molecule has 1 saturated carbocycles. The summed E-state index contributed by atoms with van der Waals surface area (Å²) in [6, 6.07) is 8.16. The molecule has 10 heteroatoms. The van der Waals surface area contributed by atoms with Gasteiger partial charge >= 0.3 is 6.09 Å². The Morgan fingerprint density at radius 1 is 1.14 bits per heavy atom. The summed E-state index contributed by atoms with van der Waals surface area (Å²) in [5, 5.41) is 9.12. The lowest BCUT2D eigenvalue weighted by molar-refractivity contribution is -0.124. The van der Waals surface area contributed by atoms with E-state index < -0.39 is 40.8 Å². The first-order chi connectivity index (χ1) is 16.9. The molecule has 1 heterocycles. The lowest BCUT2D eigenvalue weighted by Crippen LogP contribution is -2.50. The molecule has 3 aromatic rings. The topological polar surface area (TPSA) is 106 Å². The number of nitrogens with zero attached hydrogens (tertiary/aromatic N) is 2. The summed E-state index contributed by atoms with van der Waals surface area (Å²) in [6.07, 6.45) is 0.244. The van der Waals surface area contributed by atoms with Crippen molar-refractivity contribution in [2.75, 3.05) is 0 Å². The second kappa shape index (κ2) is 9.33. The van der Waals surface area contributed by atoms with Crippen molar-refractivity contribution < 1.29 is 27.6 Å². The molecule has 0 radical (unpaired) electrons. The molecule has 2 aromatic carbocycles. The highest BCUT2D eigenvalue weighted by Crippen LogP contribution is 2.37. The highest BCUT2D eigenvalue weighted by Gasteiger charge is 2.52. The summed E-state index contributed by atoms with van der Waals surface area (Å²) in [5.41, 5.74) is -0.642. The summed E-state index contributed by atoms with van der Waals surface area (Å²) in [5.74, 6) is -1.23. The van der Waals surface area contributed by atoms with Gasteiger partial charge in [-0.25, -0.2) is 13.6 Å². The second-order valence-electron chi connectivity index (χ2n) is 9.95. The molecule has 1 fully saturated rings. The number of alkyl carbamates (subject to hydrolysis) is 1. The number of hydrogen-bond acceptors (Lipinski definition) is 6. The molecule has 1 atom stereocenters. The fourth-order valence-electron chi connectivity index (χ4n) is 3.87. The number of carbonyl (C=O) groups excluding carboxylic acids is 2. The average molecular weight is 499 g/mol. The van der Waals surface area contributed by atoms with Gasteiger partial charge in [0.1, 0.15) is 22.8 Å². The van der Waals surface area contributed by atoms with E-state index in [1.54, 1.807) is 46.8 Å². The zero-order valence-corrected chi connectivity index (χ0v) is 20.7. The molecule has 190 valence electrons. The lowest BCUT2D eigenvalue weighted by Gasteiger charge is -2.24. The summed E-state index contributed by atoms with van der Waals surface area (Å²) in [4.78, 5) is 29.1. The van der Waals surface area contributed by atoms with Crippen molar-refractivity contribution in [2.24, 2.45) is 0 Å². The molecule has 0 spiro atoms. The molecule has 4 rings (SSSR count). The fraction of sp³-hybridized carbons (Fsp3) is 0.385. The minimum atomic E-state index is -1.06. The number of carbonyl (C=O) groups is 2. The molecule has 36 heavy (non-hydrogen) atoms. The number of aromatic nitrogens is 2. The van der Waals surface area contributed by atoms with Gasteiger partial charge in [0, 0.05) is 5.56 Å². The second-order valence-corrected chi connectivity index (χ2v) is 9.95. The van der Waals surface area contributed by atoms with Gasteiger partial charge in [0.15, 0.2) is 5.82 Å². The normalized spacial score (nSPS) is 15.2. The van der Waals surface area contributed by atoms with Crippen LogP contribution in [0.25, 0.3) is 22.6 Å². The van der Waals surface area contributed by atoms with Crippen LogP contribution in [-0.2, 0) is 9.53 Å². The van der Waals surface area contributed by atoms with Gasteiger partial charge in [0.2, 0.25) is 5.91 Å². The molecule has 1 aliphatic rings. The van der Waals surface area contributed by atoms with Crippen LogP contribution in [-0.4, -0.2) is 33.3 Å². The highest BCUT2D eigenvalue weighted by atomic mass is 19.1. The van der Waals surface area contributed by atoms with Crippen LogP contribution < -0.4 is 10.6 Å². The molecule has 2 N–H and O–H groups in total. The molecular weight excluding hydrogens is 470 g/mol. The molecule has 1 aromatic heterocycles. The SMILES string of the molecule is Cc1noc(-c2c(F)cccc2-c2ccc(C(C)NC(=O)C3(NC(=O)OC(C)(C)C)CC3)c(F)c2)n1. The Labute approximate surface area is 207 Å². The van der Waals surface area contributed by atoms with E-state index in [1.165, 1.54) is 24.3 Å². The van der Waals surface area contributed by atoms with Crippen LogP contribution in [0.4, 0.5) is 13.6 Å². The van der Waals surface area contributed by atoms with Gasteiger partial charge in [-0.3, -0.25) is 4.79 Å². The number of amides is 2.